The monoisotopic (exact) mass is 318 g/mol. The lowest BCUT2D eigenvalue weighted by Gasteiger charge is -2.20. The van der Waals surface area contributed by atoms with Gasteiger partial charge in [-0.05, 0) is 31.5 Å². The number of nitrogens with zero attached hydrogens (tertiary/aromatic N) is 1. The number of sulfonamides is 1. The molecule has 0 aliphatic carbocycles. The molecule has 0 aromatic heterocycles. The Hall–Kier alpha value is -1.67. The molecule has 0 saturated carbocycles. The lowest BCUT2D eigenvalue weighted by Crippen LogP contribution is -2.37. The summed E-state index contributed by atoms with van der Waals surface area (Å²) in [4.78, 5) is 11.2. The van der Waals surface area contributed by atoms with Crippen LogP contribution in [-0.4, -0.2) is 38.4 Å². The van der Waals surface area contributed by atoms with E-state index >= 15 is 0 Å². The van der Waals surface area contributed by atoms with E-state index < -0.39 is 28.4 Å². The number of nitrogens with two attached hydrogens (primary N) is 1. The lowest BCUT2D eigenvalue weighted by molar-refractivity contribution is -0.143. The number of anilines is 1. The summed E-state index contributed by atoms with van der Waals surface area (Å²) in [5.41, 5.74) is 5.47. The Bertz CT molecular complexity index is 584. The first-order chi connectivity index (χ1) is 9.81. The first kappa shape index (κ1) is 17.4. The van der Waals surface area contributed by atoms with E-state index in [4.69, 9.17) is 10.5 Å². The second kappa shape index (κ2) is 7.37. The smallest absolute Gasteiger partial charge is 0.321 e. The van der Waals surface area contributed by atoms with E-state index in [1.54, 1.807) is 13.8 Å². The molecule has 0 fully saturated rings. The van der Waals surface area contributed by atoms with Gasteiger partial charge in [-0.1, -0.05) is 6.92 Å². The van der Waals surface area contributed by atoms with Gasteiger partial charge in [0.2, 0.25) is 10.0 Å². The topological polar surface area (TPSA) is 89.7 Å². The van der Waals surface area contributed by atoms with Crippen LogP contribution in [0, 0.1) is 5.82 Å². The van der Waals surface area contributed by atoms with Crippen molar-refractivity contribution in [2.75, 3.05) is 25.4 Å². The van der Waals surface area contributed by atoms with Crippen LogP contribution in [0.4, 0.5) is 10.1 Å². The molecule has 0 aliphatic heterocycles. The summed E-state index contributed by atoms with van der Waals surface area (Å²) in [5.74, 6) is -1.40. The number of halogens is 1. The molecule has 0 unspecified atom stereocenters. The van der Waals surface area contributed by atoms with Gasteiger partial charge in [-0.25, -0.2) is 12.8 Å². The summed E-state index contributed by atoms with van der Waals surface area (Å²) in [7, 11) is -4.01. The fourth-order valence-electron chi connectivity index (χ4n) is 1.77. The van der Waals surface area contributed by atoms with Gasteiger partial charge in [-0.2, -0.15) is 4.31 Å². The van der Waals surface area contributed by atoms with E-state index in [9.17, 15) is 17.6 Å². The van der Waals surface area contributed by atoms with Crippen molar-refractivity contribution in [2.45, 2.75) is 25.2 Å². The minimum Gasteiger partial charge on any atom is -0.465 e. The molecule has 0 aliphatic rings. The summed E-state index contributed by atoms with van der Waals surface area (Å²) in [6, 6.07) is 3.06. The molecule has 0 atom stereocenters. The molecule has 1 aromatic rings. The van der Waals surface area contributed by atoms with Crippen molar-refractivity contribution in [3.8, 4) is 0 Å². The van der Waals surface area contributed by atoms with Crippen molar-refractivity contribution < 1.29 is 22.3 Å². The fourth-order valence-corrected chi connectivity index (χ4v) is 3.31. The Morgan fingerprint density at radius 1 is 1.33 bits per heavy atom. The van der Waals surface area contributed by atoms with Gasteiger partial charge in [0, 0.05) is 12.2 Å². The van der Waals surface area contributed by atoms with E-state index in [1.807, 2.05) is 0 Å². The van der Waals surface area contributed by atoms with Crippen molar-refractivity contribution in [1.82, 2.24) is 4.31 Å². The highest BCUT2D eigenvalue weighted by molar-refractivity contribution is 7.89. The molecule has 21 heavy (non-hydrogen) atoms. The predicted octanol–water partition coefficient (Wildman–Crippen LogP) is 1.37. The number of ether oxygens (including phenoxy) is 1. The van der Waals surface area contributed by atoms with Crippen molar-refractivity contribution in [3.05, 3.63) is 24.0 Å². The van der Waals surface area contributed by atoms with Crippen LogP contribution < -0.4 is 5.73 Å². The van der Waals surface area contributed by atoms with E-state index in [-0.39, 0.29) is 23.7 Å². The van der Waals surface area contributed by atoms with Gasteiger partial charge in [-0.15, -0.1) is 0 Å². The number of rotatable bonds is 7. The summed E-state index contributed by atoms with van der Waals surface area (Å²) >= 11 is 0. The highest BCUT2D eigenvalue weighted by Gasteiger charge is 2.27. The number of nitrogen functional groups attached to an aromatic ring is 1. The molecule has 0 radical (unpaired) electrons. The van der Waals surface area contributed by atoms with Gasteiger partial charge < -0.3 is 10.5 Å². The number of carbonyl (C=O) groups excluding carboxylic acids is 1. The summed E-state index contributed by atoms with van der Waals surface area (Å²) in [6.07, 6.45) is 0.503. The molecule has 0 saturated heterocycles. The summed E-state index contributed by atoms with van der Waals surface area (Å²) < 4.78 is 44.0. The number of benzene rings is 1. The molecular formula is C13H19FN2O4S. The third kappa shape index (κ3) is 4.68. The maximum absolute atomic E-state index is 13.3. The van der Waals surface area contributed by atoms with Crippen LogP contribution in [0.15, 0.2) is 23.1 Å². The maximum Gasteiger partial charge on any atom is 0.321 e. The number of hydrogen-bond donors (Lipinski definition) is 1. The van der Waals surface area contributed by atoms with Crippen LogP contribution in [0.2, 0.25) is 0 Å². The molecule has 2 N–H and O–H groups in total. The second-order valence-corrected chi connectivity index (χ2v) is 6.30. The van der Waals surface area contributed by atoms with Crippen molar-refractivity contribution in [2.24, 2.45) is 0 Å². The van der Waals surface area contributed by atoms with Crippen molar-refractivity contribution >= 4 is 21.7 Å². The maximum atomic E-state index is 13.3. The minimum absolute atomic E-state index is 0.00107. The van der Waals surface area contributed by atoms with E-state index in [0.29, 0.717) is 6.42 Å². The zero-order valence-corrected chi connectivity index (χ0v) is 12.8. The molecule has 8 heteroatoms. The van der Waals surface area contributed by atoms with Crippen LogP contribution >= 0.6 is 0 Å². The molecule has 6 nitrogen and oxygen atoms in total. The highest BCUT2D eigenvalue weighted by Crippen LogP contribution is 2.20. The Labute approximate surface area is 123 Å². The number of esters is 1. The van der Waals surface area contributed by atoms with Gasteiger partial charge in [0.25, 0.3) is 0 Å². The first-order valence-corrected chi connectivity index (χ1v) is 7.97. The van der Waals surface area contributed by atoms with Gasteiger partial charge >= 0.3 is 5.97 Å². The van der Waals surface area contributed by atoms with Crippen LogP contribution in [-0.2, 0) is 19.6 Å². The normalized spacial score (nSPS) is 11.6. The Balaban J connectivity index is 3.12. The van der Waals surface area contributed by atoms with Crippen LogP contribution in [0.3, 0.4) is 0 Å². The Kier molecular flexibility index (Phi) is 6.10. The zero-order chi connectivity index (χ0) is 16.0. The van der Waals surface area contributed by atoms with Gasteiger partial charge in [0.05, 0.1) is 11.5 Å². The Morgan fingerprint density at radius 3 is 2.52 bits per heavy atom. The third-order valence-electron chi connectivity index (χ3n) is 2.62. The molecule has 0 bridgehead atoms. The van der Waals surface area contributed by atoms with E-state index in [0.717, 1.165) is 22.5 Å². The lowest BCUT2D eigenvalue weighted by atomic mass is 10.3. The predicted molar refractivity (Wildman–Crippen MR) is 76.5 cm³/mol. The van der Waals surface area contributed by atoms with Gasteiger partial charge in [0.15, 0.2) is 0 Å². The average Bonchev–Trinajstić information content (AvgIpc) is 2.37. The standard InChI is InChI=1S/C13H19FN2O4S/c1-3-5-16(9-13(17)20-4-2)21(18,19)12-7-10(14)6-11(15)8-12/h6-8H,3-5,9,15H2,1-2H3. The van der Waals surface area contributed by atoms with Gasteiger partial charge in [0.1, 0.15) is 12.4 Å². The zero-order valence-electron chi connectivity index (χ0n) is 12.0. The first-order valence-electron chi connectivity index (χ1n) is 6.53. The number of carbonyl (C=O) groups is 1. The number of hydrogen-bond acceptors (Lipinski definition) is 5. The molecule has 1 rings (SSSR count). The molecule has 0 spiro atoms. The molecule has 1 aromatic carbocycles. The third-order valence-corrected chi connectivity index (χ3v) is 4.44. The van der Waals surface area contributed by atoms with E-state index in [1.165, 1.54) is 0 Å². The van der Waals surface area contributed by atoms with Crippen molar-refractivity contribution in [3.63, 3.8) is 0 Å². The van der Waals surface area contributed by atoms with E-state index in [2.05, 4.69) is 0 Å². The molecule has 0 heterocycles. The Morgan fingerprint density at radius 2 is 2.00 bits per heavy atom. The summed E-state index contributed by atoms with van der Waals surface area (Å²) in [6.45, 7) is 3.27. The second-order valence-electron chi connectivity index (χ2n) is 4.36. The average molecular weight is 318 g/mol. The largest absolute Gasteiger partial charge is 0.465 e. The van der Waals surface area contributed by atoms with Crippen LogP contribution in [0.25, 0.3) is 0 Å². The fraction of sp³-hybridized carbons (Fsp3) is 0.462. The highest BCUT2D eigenvalue weighted by atomic mass is 32.2. The van der Waals surface area contributed by atoms with Crippen LogP contribution in [0.1, 0.15) is 20.3 Å². The minimum atomic E-state index is -4.01. The van der Waals surface area contributed by atoms with Gasteiger partial charge in [-0.3, -0.25) is 4.79 Å². The SMILES string of the molecule is CCCN(CC(=O)OCC)S(=O)(=O)c1cc(N)cc(F)c1. The van der Waals surface area contributed by atoms with Crippen molar-refractivity contribution in [1.29, 1.82) is 0 Å². The molecule has 118 valence electrons. The quantitative estimate of drug-likeness (QED) is 0.606. The molecule has 0 amide bonds. The van der Waals surface area contributed by atoms with Crippen LogP contribution in [0.5, 0.6) is 0 Å². The summed E-state index contributed by atoms with van der Waals surface area (Å²) in [5, 5.41) is 0. The molecular weight excluding hydrogens is 299 g/mol.